The molecule has 0 saturated carbocycles. The molecular formula is C9H16N2O. The van der Waals surface area contributed by atoms with Crippen LogP contribution in [0.15, 0.2) is 0 Å². The summed E-state index contributed by atoms with van der Waals surface area (Å²) in [5, 5.41) is 8.82. The summed E-state index contributed by atoms with van der Waals surface area (Å²) in [5.41, 5.74) is 0. The molecule has 0 aliphatic carbocycles. The van der Waals surface area contributed by atoms with Crippen molar-refractivity contribution < 1.29 is 4.74 Å². The summed E-state index contributed by atoms with van der Waals surface area (Å²) in [7, 11) is 1.71. The summed E-state index contributed by atoms with van der Waals surface area (Å²) in [6.07, 6.45) is 3.45. The van der Waals surface area contributed by atoms with Crippen LogP contribution < -0.4 is 0 Å². The summed E-state index contributed by atoms with van der Waals surface area (Å²) in [5.74, 6) is 0.532. The molecule has 0 aromatic rings. The Labute approximate surface area is 73.9 Å². The molecule has 3 heteroatoms. The lowest BCUT2D eigenvalue weighted by Crippen LogP contribution is -2.29. The number of hydrogen-bond donors (Lipinski definition) is 0. The number of nitrogens with zero attached hydrogens (tertiary/aromatic N) is 2. The molecule has 1 heterocycles. The molecule has 0 radical (unpaired) electrons. The van der Waals surface area contributed by atoms with Gasteiger partial charge in [0.1, 0.15) is 0 Å². The second-order valence-corrected chi connectivity index (χ2v) is 3.66. The van der Waals surface area contributed by atoms with Crippen molar-refractivity contribution >= 4 is 0 Å². The molecule has 0 aromatic heterocycles. The Morgan fingerprint density at radius 2 is 2.25 bits per heavy atom. The van der Waals surface area contributed by atoms with Gasteiger partial charge in [0.25, 0.3) is 0 Å². The Morgan fingerprint density at radius 3 is 2.58 bits per heavy atom. The quantitative estimate of drug-likeness (QED) is 0.581. The van der Waals surface area contributed by atoms with Gasteiger partial charge < -0.3 is 9.64 Å². The van der Waals surface area contributed by atoms with Crippen molar-refractivity contribution in [3.63, 3.8) is 0 Å². The minimum atomic E-state index is 0.247. The third kappa shape index (κ3) is 1.70. The van der Waals surface area contributed by atoms with Crippen LogP contribution >= 0.6 is 0 Å². The third-order valence-electron chi connectivity index (χ3n) is 2.54. The molecule has 2 atom stereocenters. The molecule has 1 aliphatic rings. The zero-order chi connectivity index (χ0) is 9.14. The molecule has 0 N–H and O–H groups in total. The summed E-state index contributed by atoms with van der Waals surface area (Å²) >= 11 is 0. The molecule has 3 nitrogen and oxygen atoms in total. The zero-order valence-electron chi connectivity index (χ0n) is 7.95. The van der Waals surface area contributed by atoms with E-state index in [9.17, 15) is 0 Å². The van der Waals surface area contributed by atoms with Gasteiger partial charge in [-0.25, -0.2) is 0 Å². The smallest absolute Gasteiger partial charge is 0.179 e. The van der Waals surface area contributed by atoms with Gasteiger partial charge in [0.05, 0.1) is 12.6 Å². The molecule has 1 rings (SSSR count). The summed E-state index contributed by atoms with van der Waals surface area (Å²) < 4.78 is 5.23. The van der Waals surface area contributed by atoms with E-state index >= 15 is 0 Å². The fraction of sp³-hybridized carbons (Fsp3) is 0.889. The van der Waals surface area contributed by atoms with Crippen molar-refractivity contribution in [2.24, 2.45) is 5.92 Å². The van der Waals surface area contributed by atoms with Gasteiger partial charge in [0.15, 0.2) is 6.19 Å². The van der Waals surface area contributed by atoms with Gasteiger partial charge in [0, 0.05) is 13.2 Å². The highest BCUT2D eigenvalue weighted by Crippen LogP contribution is 2.24. The molecule has 1 aliphatic heterocycles. The second-order valence-electron chi connectivity index (χ2n) is 3.66. The molecule has 1 unspecified atom stereocenters. The fourth-order valence-electron chi connectivity index (χ4n) is 1.74. The first kappa shape index (κ1) is 9.34. The van der Waals surface area contributed by atoms with Gasteiger partial charge in [-0.1, -0.05) is 13.8 Å². The normalized spacial score (nSPS) is 29.4. The van der Waals surface area contributed by atoms with Crippen LogP contribution in [0.3, 0.4) is 0 Å². The zero-order valence-corrected chi connectivity index (χ0v) is 7.95. The van der Waals surface area contributed by atoms with Crippen LogP contribution in [-0.2, 0) is 4.74 Å². The van der Waals surface area contributed by atoms with E-state index in [1.54, 1.807) is 7.11 Å². The average molecular weight is 168 g/mol. The van der Waals surface area contributed by atoms with Gasteiger partial charge in [0.2, 0.25) is 0 Å². The second kappa shape index (κ2) is 3.77. The Hall–Kier alpha value is -0.750. The lowest BCUT2D eigenvalue weighted by Gasteiger charge is -2.20. The van der Waals surface area contributed by atoms with Gasteiger partial charge in [-0.05, 0) is 12.3 Å². The number of hydrogen-bond acceptors (Lipinski definition) is 3. The largest absolute Gasteiger partial charge is 0.380 e. The number of methoxy groups -OCH3 is 1. The first-order chi connectivity index (χ1) is 5.69. The number of ether oxygens (including phenoxy) is 1. The summed E-state index contributed by atoms with van der Waals surface area (Å²) in [6.45, 7) is 5.05. The van der Waals surface area contributed by atoms with Crippen molar-refractivity contribution in [1.29, 1.82) is 5.26 Å². The molecule has 1 saturated heterocycles. The molecule has 0 bridgehead atoms. The summed E-state index contributed by atoms with van der Waals surface area (Å²) in [6, 6.07) is 0.375. The highest BCUT2D eigenvalue weighted by atomic mass is 16.5. The maximum atomic E-state index is 8.82. The van der Waals surface area contributed by atoms with E-state index in [1.165, 1.54) is 0 Å². The Morgan fingerprint density at radius 1 is 1.58 bits per heavy atom. The lowest BCUT2D eigenvalue weighted by molar-refractivity contribution is 0.112. The Kier molecular flexibility index (Phi) is 2.93. The van der Waals surface area contributed by atoms with Gasteiger partial charge >= 0.3 is 0 Å². The van der Waals surface area contributed by atoms with Crippen LogP contribution in [-0.4, -0.2) is 30.7 Å². The van der Waals surface area contributed by atoms with Crippen molar-refractivity contribution in [2.45, 2.75) is 32.4 Å². The SMILES string of the molecule is CO[C@H]1CC(C(C)C)N(C#N)C1. The van der Waals surface area contributed by atoms with Crippen molar-refractivity contribution in [3.8, 4) is 6.19 Å². The molecule has 1 fully saturated rings. The molecule has 68 valence electrons. The predicted molar refractivity (Wildman–Crippen MR) is 46.4 cm³/mol. The molecule has 0 spiro atoms. The van der Waals surface area contributed by atoms with Crippen LogP contribution in [0.2, 0.25) is 0 Å². The maximum absolute atomic E-state index is 8.82. The highest BCUT2D eigenvalue weighted by molar-refractivity contribution is 4.94. The van der Waals surface area contributed by atoms with Gasteiger partial charge in [-0.15, -0.1) is 0 Å². The van der Waals surface area contributed by atoms with Crippen molar-refractivity contribution in [1.82, 2.24) is 4.90 Å². The fourth-order valence-corrected chi connectivity index (χ4v) is 1.74. The number of likely N-dealkylation sites (tertiary alicyclic amines) is 1. The maximum Gasteiger partial charge on any atom is 0.179 e. The monoisotopic (exact) mass is 168 g/mol. The minimum Gasteiger partial charge on any atom is -0.380 e. The van der Waals surface area contributed by atoms with E-state index in [0.717, 1.165) is 13.0 Å². The molecule has 0 aromatic carbocycles. The Bertz CT molecular complexity index is 185. The third-order valence-corrected chi connectivity index (χ3v) is 2.54. The molecule has 0 amide bonds. The van der Waals surface area contributed by atoms with E-state index in [4.69, 9.17) is 10.00 Å². The van der Waals surface area contributed by atoms with Crippen LogP contribution in [0.1, 0.15) is 20.3 Å². The van der Waals surface area contributed by atoms with Crippen molar-refractivity contribution in [2.75, 3.05) is 13.7 Å². The minimum absolute atomic E-state index is 0.247. The summed E-state index contributed by atoms with van der Waals surface area (Å²) in [4.78, 5) is 1.83. The van der Waals surface area contributed by atoms with Gasteiger partial charge in [-0.2, -0.15) is 5.26 Å². The van der Waals surface area contributed by atoms with Crippen LogP contribution in [0.4, 0.5) is 0 Å². The van der Waals surface area contributed by atoms with Crippen molar-refractivity contribution in [3.05, 3.63) is 0 Å². The van der Waals surface area contributed by atoms with E-state index < -0.39 is 0 Å². The lowest BCUT2D eigenvalue weighted by atomic mass is 10.0. The molecular weight excluding hydrogens is 152 g/mol. The van der Waals surface area contributed by atoms with E-state index in [2.05, 4.69) is 20.0 Å². The number of rotatable bonds is 2. The predicted octanol–water partition coefficient (Wildman–Crippen LogP) is 1.21. The first-order valence-electron chi connectivity index (χ1n) is 4.38. The topological polar surface area (TPSA) is 36.3 Å². The van der Waals surface area contributed by atoms with E-state index in [1.807, 2.05) is 4.90 Å². The standard InChI is InChI=1S/C9H16N2O/c1-7(2)9-4-8(12-3)5-11(9)6-10/h7-9H,4-5H2,1-3H3/t8-,9?/m0/s1. The van der Waals surface area contributed by atoms with E-state index in [0.29, 0.717) is 12.0 Å². The van der Waals surface area contributed by atoms with Crippen LogP contribution in [0.25, 0.3) is 0 Å². The van der Waals surface area contributed by atoms with Crippen LogP contribution in [0.5, 0.6) is 0 Å². The number of nitriles is 1. The Balaban J connectivity index is 2.58. The van der Waals surface area contributed by atoms with E-state index in [-0.39, 0.29) is 6.10 Å². The van der Waals surface area contributed by atoms with Gasteiger partial charge in [-0.3, -0.25) is 0 Å². The molecule has 12 heavy (non-hydrogen) atoms. The highest BCUT2D eigenvalue weighted by Gasteiger charge is 2.33. The first-order valence-corrected chi connectivity index (χ1v) is 4.38. The van der Waals surface area contributed by atoms with Crippen LogP contribution in [0, 0.1) is 17.4 Å². The average Bonchev–Trinajstić information content (AvgIpc) is 2.47.